The minimum Gasteiger partial charge on any atom is -0.359 e. The quantitative estimate of drug-likeness (QED) is 0.448. The van der Waals surface area contributed by atoms with Crippen LogP contribution < -0.4 is 5.32 Å². The summed E-state index contributed by atoms with van der Waals surface area (Å²) in [6, 6.07) is -0.822. The summed E-state index contributed by atoms with van der Waals surface area (Å²) < 4.78 is 0. The summed E-state index contributed by atoms with van der Waals surface area (Å²) in [5, 5.41) is 8.09. The zero-order valence-corrected chi connectivity index (χ0v) is 14.4. The van der Waals surface area contributed by atoms with Crippen LogP contribution in [0.3, 0.4) is 0 Å². The lowest BCUT2D eigenvalue weighted by Crippen LogP contribution is -2.50. The zero-order valence-electron chi connectivity index (χ0n) is 13.6. The molecule has 2 rings (SSSR count). The molecule has 2 heterocycles. The van der Waals surface area contributed by atoms with Gasteiger partial charge in [0.25, 0.3) is 0 Å². The molecule has 1 N–H and O–H groups in total. The Morgan fingerprint density at radius 3 is 2.79 bits per heavy atom. The van der Waals surface area contributed by atoms with Crippen LogP contribution >= 0.6 is 11.3 Å². The molecule has 1 aromatic rings. The number of hydrogen-bond donors (Lipinski definition) is 1. The van der Waals surface area contributed by atoms with Gasteiger partial charge in [0.2, 0.25) is 11.8 Å². The standard InChI is InChI=1S/C14H21N7O2S/c1-16-13(22)3-2-12(18-19-15)14(23)21-6-4-20(5-7-21)8-11-9-24-10-17-11/h9-10,12H,2-8H2,1H3,(H,16,22). The van der Waals surface area contributed by atoms with Crippen molar-refractivity contribution in [1.29, 1.82) is 0 Å². The molecule has 1 aliphatic heterocycles. The van der Waals surface area contributed by atoms with Crippen LogP contribution in [-0.2, 0) is 16.1 Å². The fourth-order valence-corrected chi connectivity index (χ4v) is 3.12. The number of hydrogen-bond acceptors (Lipinski definition) is 6. The number of nitrogens with zero attached hydrogens (tertiary/aromatic N) is 6. The lowest BCUT2D eigenvalue weighted by atomic mass is 10.1. The molecular formula is C14H21N7O2S. The average Bonchev–Trinajstić information content (AvgIpc) is 3.11. The Balaban J connectivity index is 1.84. The second-order valence-electron chi connectivity index (χ2n) is 5.51. The molecule has 0 aromatic carbocycles. The van der Waals surface area contributed by atoms with Crippen LogP contribution in [-0.4, -0.2) is 65.9 Å². The fraction of sp³-hybridized carbons (Fsp3) is 0.643. The van der Waals surface area contributed by atoms with Crippen molar-refractivity contribution < 1.29 is 9.59 Å². The van der Waals surface area contributed by atoms with Gasteiger partial charge in [0.15, 0.2) is 0 Å². The Morgan fingerprint density at radius 2 is 2.21 bits per heavy atom. The van der Waals surface area contributed by atoms with E-state index in [-0.39, 0.29) is 24.7 Å². The molecular weight excluding hydrogens is 330 g/mol. The van der Waals surface area contributed by atoms with Crippen molar-refractivity contribution in [3.8, 4) is 0 Å². The van der Waals surface area contributed by atoms with Gasteiger partial charge in [0.05, 0.1) is 11.2 Å². The molecule has 0 aliphatic carbocycles. The predicted octanol–water partition coefficient (Wildman–Crippen LogP) is 0.992. The second-order valence-corrected chi connectivity index (χ2v) is 6.23. The molecule has 10 heteroatoms. The Kier molecular flexibility index (Phi) is 6.98. The molecule has 1 atom stereocenters. The first-order valence-electron chi connectivity index (χ1n) is 7.77. The van der Waals surface area contributed by atoms with Crippen LogP contribution in [0.1, 0.15) is 18.5 Å². The molecule has 9 nitrogen and oxygen atoms in total. The van der Waals surface area contributed by atoms with E-state index in [9.17, 15) is 9.59 Å². The highest BCUT2D eigenvalue weighted by molar-refractivity contribution is 7.07. The monoisotopic (exact) mass is 351 g/mol. The van der Waals surface area contributed by atoms with Crippen LogP contribution in [0.15, 0.2) is 16.0 Å². The first kappa shape index (κ1) is 18.2. The molecule has 0 bridgehead atoms. The molecule has 24 heavy (non-hydrogen) atoms. The number of piperazine rings is 1. The van der Waals surface area contributed by atoms with E-state index >= 15 is 0 Å². The van der Waals surface area contributed by atoms with Gasteiger partial charge in [-0.3, -0.25) is 14.5 Å². The summed E-state index contributed by atoms with van der Waals surface area (Å²) >= 11 is 1.57. The van der Waals surface area contributed by atoms with E-state index in [2.05, 4.69) is 25.2 Å². The van der Waals surface area contributed by atoms with Crippen LogP contribution in [0.4, 0.5) is 0 Å². The highest BCUT2D eigenvalue weighted by Crippen LogP contribution is 2.13. The highest BCUT2D eigenvalue weighted by Gasteiger charge is 2.27. The molecule has 130 valence electrons. The number of aromatic nitrogens is 1. The number of carbonyl (C=O) groups excluding carboxylic acids is 2. The summed E-state index contributed by atoms with van der Waals surface area (Å²) in [6.07, 6.45) is 0.386. The molecule has 1 saturated heterocycles. The van der Waals surface area contributed by atoms with Gasteiger partial charge in [0, 0.05) is 56.5 Å². The number of thiazole rings is 1. The molecule has 0 radical (unpaired) electrons. The number of carbonyl (C=O) groups is 2. The van der Waals surface area contributed by atoms with Gasteiger partial charge >= 0.3 is 0 Å². The Hall–Kier alpha value is -2.16. The van der Waals surface area contributed by atoms with Crippen molar-refractivity contribution in [3.05, 3.63) is 27.0 Å². The third-order valence-corrected chi connectivity index (χ3v) is 4.59. The first-order chi connectivity index (χ1) is 11.6. The molecule has 0 saturated carbocycles. The van der Waals surface area contributed by atoms with Gasteiger partial charge in [-0.05, 0) is 12.0 Å². The van der Waals surface area contributed by atoms with Crippen molar-refractivity contribution in [1.82, 2.24) is 20.1 Å². The van der Waals surface area contributed by atoms with Gasteiger partial charge in [0.1, 0.15) is 6.04 Å². The van der Waals surface area contributed by atoms with E-state index in [1.807, 2.05) is 10.9 Å². The van der Waals surface area contributed by atoms with Gasteiger partial charge in [-0.2, -0.15) is 0 Å². The smallest absolute Gasteiger partial charge is 0.231 e. The third-order valence-electron chi connectivity index (χ3n) is 3.95. The largest absolute Gasteiger partial charge is 0.359 e. The second kappa shape index (κ2) is 9.21. The Morgan fingerprint density at radius 1 is 1.46 bits per heavy atom. The van der Waals surface area contributed by atoms with Crippen LogP contribution in [0, 0.1) is 0 Å². The molecule has 1 aromatic heterocycles. The summed E-state index contributed by atoms with van der Waals surface area (Å²) in [7, 11) is 1.54. The summed E-state index contributed by atoms with van der Waals surface area (Å²) in [4.78, 5) is 34.8. The predicted molar refractivity (Wildman–Crippen MR) is 90.2 cm³/mol. The van der Waals surface area contributed by atoms with Crippen molar-refractivity contribution >= 4 is 23.2 Å². The van der Waals surface area contributed by atoms with Crippen molar-refractivity contribution in [2.75, 3.05) is 33.2 Å². The lowest BCUT2D eigenvalue weighted by molar-refractivity contribution is -0.134. The third kappa shape index (κ3) is 5.19. The summed E-state index contributed by atoms with van der Waals surface area (Å²) in [5.74, 6) is -0.376. The highest BCUT2D eigenvalue weighted by atomic mass is 32.1. The number of azide groups is 1. The van der Waals surface area contributed by atoms with E-state index in [1.54, 1.807) is 16.2 Å². The Labute approximate surface area is 144 Å². The minimum absolute atomic E-state index is 0.162. The van der Waals surface area contributed by atoms with E-state index in [0.29, 0.717) is 13.1 Å². The molecule has 1 aliphatic rings. The van der Waals surface area contributed by atoms with Crippen LogP contribution in [0.2, 0.25) is 0 Å². The maximum absolute atomic E-state index is 12.5. The van der Waals surface area contributed by atoms with E-state index < -0.39 is 6.04 Å². The molecule has 2 amide bonds. The molecule has 0 spiro atoms. The SMILES string of the molecule is CNC(=O)CCC(N=[N+]=[N-])C(=O)N1CCN(Cc2cscn2)CC1. The fourth-order valence-electron chi connectivity index (χ4n) is 2.57. The van der Waals surface area contributed by atoms with E-state index in [4.69, 9.17) is 5.53 Å². The number of rotatable bonds is 7. The van der Waals surface area contributed by atoms with Gasteiger partial charge in [-0.15, -0.1) is 11.3 Å². The number of amides is 2. The molecule has 1 fully saturated rings. The number of nitrogens with one attached hydrogen (secondary N) is 1. The minimum atomic E-state index is -0.822. The van der Waals surface area contributed by atoms with Crippen molar-refractivity contribution in [2.45, 2.75) is 25.4 Å². The summed E-state index contributed by atoms with van der Waals surface area (Å²) in [6.45, 7) is 3.45. The zero-order chi connectivity index (χ0) is 17.4. The van der Waals surface area contributed by atoms with Crippen molar-refractivity contribution in [2.24, 2.45) is 5.11 Å². The lowest BCUT2D eigenvalue weighted by Gasteiger charge is -2.35. The van der Waals surface area contributed by atoms with E-state index in [0.717, 1.165) is 25.3 Å². The molecule has 1 unspecified atom stereocenters. The van der Waals surface area contributed by atoms with Gasteiger partial charge < -0.3 is 10.2 Å². The Bertz CT molecular complexity index is 592. The first-order valence-corrected chi connectivity index (χ1v) is 8.71. The van der Waals surface area contributed by atoms with E-state index in [1.165, 1.54) is 7.05 Å². The van der Waals surface area contributed by atoms with Crippen LogP contribution in [0.25, 0.3) is 10.4 Å². The maximum atomic E-state index is 12.5. The normalized spacial score (nSPS) is 16.3. The summed E-state index contributed by atoms with van der Waals surface area (Å²) in [5.41, 5.74) is 11.5. The van der Waals surface area contributed by atoms with Crippen molar-refractivity contribution in [3.63, 3.8) is 0 Å². The topological polar surface area (TPSA) is 114 Å². The average molecular weight is 351 g/mol. The van der Waals surface area contributed by atoms with Gasteiger partial charge in [-0.1, -0.05) is 5.11 Å². The maximum Gasteiger partial charge on any atom is 0.231 e. The van der Waals surface area contributed by atoms with Gasteiger partial charge in [-0.25, -0.2) is 4.98 Å². The van der Waals surface area contributed by atoms with Crippen LogP contribution in [0.5, 0.6) is 0 Å².